The molecule has 0 bridgehead atoms. The van der Waals surface area contributed by atoms with Crippen molar-refractivity contribution in [1.29, 1.82) is 0 Å². The summed E-state index contributed by atoms with van der Waals surface area (Å²) in [7, 11) is 0. The molecule has 8 heteroatoms. The first-order valence-electron chi connectivity index (χ1n) is 9.03. The predicted molar refractivity (Wildman–Crippen MR) is 109 cm³/mol. The first kappa shape index (κ1) is 18.2. The molecule has 140 valence electrons. The van der Waals surface area contributed by atoms with Crippen LogP contribution in [0, 0.1) is 0 Å². The highest BCUT2D eigenvalue weighted by Crippen LogP contribution is 2.41. The van der Waals surface area contributed by atoms with Crippen LogP contribution >= 0.6 is 23.1 Å². The van der Waals surface area contributed by atoms with Gasteiger partial charge in [0.2, 0.25) is 5.91 Å². The lowest BCUT2D eigenvalue weighted by molar-refractivity contribution is -0.116. The Balaban J connectivity index is 1.54. The number of thioether (sulfide) groups is 1. The number of carbonyl (C=O) groups excluding carboxylic acids is 1. The molecule has 1 aromatic carbocycles. The zero-order chi connectivity index (χ0) is 18.8. The van der Waals surface area contributed by atoms with E-state index in [9.17, 15) is 4.79 Å². The average molecular weight is 400 g/mol. The summed E-state index contributed by atoms with van der Waals surface area (Å²) in [5.74, 6) is 2.29. The summed E-state index contributed by atoms with van der Waals surface area (Å²) >= 11 is 3.14. The zero-order valence-corrected chi connectivity index (χ0v) is 17.0. The van der Waals surface area contributed by atoms with Crippen LogP contribution in [0.2, 0.25) is 0 Å². The SMILES string of the molecule is CCN(C(C)=O)c1nc(CSc2nnc(C3CC3)n2-c2ccccc2)cs1. The van der Waals surface area contributed by atoms with Gasteiger partial charge in [-0.1, -0.05) is 30.0 Å². The maximum Gasteiger partial charge on any atom is 0.225 e. The lowest BCUT2D eigenvalue weighted by atomic mass is 10.3. The van der Waals surface area contributed by atoms with Gasteiger partial charge in [0.15, 0.2) is 10.3 Å². The Morgan fingerprint density at radius 1 is 1.30 bits per heavy atom. The van der Waals surface area contributed by atoms with E-state index in [-0.39, 0.29) is 5.91 Å². The number of hydrogen-bond donors (Lipinski definition) is 0. The van der Waals surface area contributed by atoms with Gasteiger partial charge in [-0.15, -0.1) is 21.5 Å². The van der Waals surface area contributed by atoms with Gasteiger partial charge < -0.3 is 0 Å². The second-order valence-electron chi connectivity index (χ2n) is 6.46. The average Bonchev–Trinajstić information content (AvgIpc) is 3.26. The molecule has 1 amide bonds. The van der Waals surface area contributed by atoms with Crippen LogP contribution in [0.15, 0.2) is 40.9 Å². The summed E-state index contributed by atoms with van der Waals surface area (Å²) in [6.07, 6.45) is 2.37. The lowest BCUT2D eigenvalue weighted by Gasteiger charge is -2.14. The van der Waals surface area contributed by atoms with Gasteiger partial charge in [-0.2, -0.15) is 0 Å². The Morgan fingerprint density at radius 3 is 2.74 bits per heavy atom. The van der Waals surface area contributed by atoms with Gasteiger partial charge in [0.25, 0.3) is 0 Å². The molecule has 27 heavy (non-hydrogen) atoms. The van der Waals surface area contributed by atoms with Crippen molar-refractivity contribution in [2.24, 2.45) is 0 Å². The molecule has 2 aromatic heterocycles. The van der Waals surface area contributed by atoms with Crippen LogP contribution in [0.1, 0.15) is 44.1 Å². The number of carbonyl (C=O) groups is 1. The maximum atomic E-state index is 11.7. The van der Waals surface area contributed by atoms with E-state index in [4.69, 9.17) is 0 Å². The standard InChI is InChI=1S/C19H21N5OS2/c1-3-23(13(2)25)18-20-15(11-26-18)12-27-19-22-21-17(14-9-10-14)24(19)16-7-5-4-6-8-16/h4-8,11,14H,3,9-10,12H2,1-2H3. The number of rotatable bonds is 7. The Hall–Kier alpha value is -2.19. The topological polar surface area (TPSA) is 63.9 Å². The monoisotopic (exact) mass is 399 g/mol. The minimum absolute atomic E-state index is 0.0175. The van der Waals surface area contributed by atoms with Gasteiger partial charge in [0.1, 0.15) is 5.82 Å². The number of benzene rings is 1. The summed E-state index contributed by atoms with van der Waals surface area (Å²) in [4.78, 5) is 18.0. The van der Waals surface area contributed by atoms with Crippen LogP contribution in [0.3, 0.4) is 0 Å². The number of aromatic nitrogens is 4. The molecule has 0 unspecified atom stereocenters. The van der Waals surface area contributed by atoms with E-state index in [0.717, 1.165) is 27.5 Å². The third kappa shape index (κ3) is 3.91. The lowest BCUT2D eigenvalue weighted by Crippen LogP contribution is -2.27. The Kier molecular flexibility index (Phi) is 5.27. The van der Waals surface area contributed by atoms with Gasteiger partial charge >= 0.3 is 0 Å². The van der Waals surface area contributed by atoms with Crippen molar-refractivity contribution in [2.75, 3.05) is 11.4 Å². The van der Waals surface area contributed by atoms with Crippen LogP contribution in [-0.2, 0) is 10.5 Å². The van der Waals surface area contributed by atoms with Crippen molar-refractivity contribution < 1.29 is 4.79 Å². The molecule has 0 atom stereocenters. The number of hydrogen-bond acceptors (Lipinski definition) is 6. The number of thiazole rings is 1. The molecule has 2 heterocycles. The number of anilines is 1. The molecule has 0 aliphatic heterocycles. The second-order valence-corrected chi connectivity index (χ2v) is 8.24. The summed E-state index contributed by atoms with van der Waals surface area (Å²) in [6, 6.07) is 10.3. The Labute approximate surface area is 166 Å². The largest absolute Gasteiger partial charge is 0.289 e. The van der Waals surface area contributed by atoms with Crippen molar-refractivity contribution in [3.63, 3.8) is 0 Å². The van der Waals surface area contributed by atoms with E-state index < -0.39 is 0 Å². The van der Waals surface area contributed by atoms with Gasteiger partial charge in [-0.25, -0.2) is 4.98 Å². The van der Waals surface area contributed by atoms with Crippen LogP contribution in [0.4, 0.5) is 5.13 Å². The van der Waals surface area contributed by atoms with Crippen LogP contribution in [0.25, 0.3) is 5.69 Å². The normalized spacial score (nSPS) is 13.7. The highest BCUT2D eigenvalue weighted by molar-refractivity contribution is 7.98. The van der Waals surface area contributed by atoms with E-state index in [1.165, 1.54) is 24.2 Å². The molecule has 0 saturated heterocycles. The van der Waals surface area contributed by atoms with Crippen molar-refractivity contribution >= 4 is 34.1 Å². The quantitative estimate of drug-likeness (QED) is 0.555. The number of amides is 1. The summed E-state index contributed by atoms with van der Waals surface area (Å²) in [5, 5.41) is 12.6. The third-order valence-electron chi connectivity index (χ3n) is 4.43. The molecular formula is C19H21N5OS2. The van der Waals surface area contributed by atoms with Crippen molar-refractivity contribution in [3.05, 3.63) is 47.2 Å². The fraction of sp³-hybridized carbons (Fsp3) is 0.368. The van der Waals surface area contributed by atoms with Gasteiger partial charge in [0, 0.05) is 36.2 Å². The van der Waals surface area contributed by atoms with Crippen molar-refractivity contribution in [2.45, 2.75) is 43.5 Å². The second kappa shape index (κ2) is 7.82. The summed E-state index contributed by atoms with van der Waals surface area (Å²) in [5.41, 5.74) is 2.05. The number of nitrogens with zero attached hydrogens (tertiary/aromatic N) is 5. The molecule has 0 spiro atoms. The van der Waals surface area contributed by atoms with Crippen molar-refractivity contribution in [3.8, 4) is 5.69 Å². The minimum atomic E-state index is 0.0175. The molecule has 4 rings (SSSR count). The van der Waals surface area contributed by atoms with Crippen LogP contribution in [0.5, 0.6) is 0 Å². The maximum absolute atomic E-state index is 11.7. The van der Waals surface area contributed by atoms with Crippen LogP contribution < -0.4 is 4.90 Å². The van der Waals surface area contributed by atoms with E-state index >= 15 is 0 Å². The molecule has 6 nitrogen and oxygen atoms in total. The van der Waals surface area contributed by atoms with Gasteiger partial charge in [-0.3, -0.25) is 14.3 Å². The third-order valence-corrected chi connectivity index (χ3v) is 6.31. The van der Waals surface area contributed by atoms with Crippen molar-refractivity contribution in [1.82, 2.24) is 19.7 Å². The zero-order valence-electron chi connectivity index (χ0n) is 15.3. The highest BCUT2D eigenvalue weighted by Gasteiger charge is 2.31. The smallest absolute Gasteiger partial charge is 0.225 e. The summed E-state index contributed by atoms with van der Waals surface area (Å²) < 4.78 is 2.17. The molecule has 0 radical (unpaired) electrons. The minimum Gasteiger partial charge on any atom is -0.289 e. The highest BCUT2D eigenvalue weighted by atomic mass is 32.2. The predicted octanol–water partition coefficient (Wildman–Crippen LogP) is 4.27. The molecule has 1 aliphatic carbocycles. The summed E-state index contributed by atoms with van der Waals surface area (Å²) in [6.45, 7) is 4.16. The fourth-order valence-electron chi connectivity index (χ4n) is 2.92. The van der Waals surface area contributed by atoms with Gasteiger partial charge in [0.05, 0.1) is 5.69 Å². The molecule has 3 aromatic rings. The molecule has 1 aliphatic rings. The Bertz CT molecular complexity index is 933. The van der Waals surface area contributed by atoms with E-state index in [2.05, 4.69) is 31.9 Å². The fourth-order valence-corrected chi connectivity index (χ4v) is 4.81. The van der Waals surface area contributed by atoms with Gasteiger partial charge in [-0.05, 0) is 31.9 Å². The number of para-hydroxylation sites is 1. The van der Waals surface area contributed by atoms with Crippen LogP contribution in [-0.4, -0.2) is 32.2 Å². The van der Waals surface area contributed by atoms with E-state index in [0.29, 0.717) is 18.2 Å². The van der Waals surface area contributed by atoms with E-state index in [1.807, 2.05) is 30.5 Å². The molecule has 0 N–H and O–H groups in total. The first-order valence-corrected chi connectivity index (χ1v) is 10.9. The Morgan fingerprint density at radius 2 is 2.07 bits per heavy atom. The van der Waals surface area contributed by atoms with E-state index in [1.54, 1.807) is 23.6 Å². The molecule has 1 saturated carbocycles. The first-order chi connectivity index (χ1) is 13.2. The molecular weight excluding hydrogens is 378 g/mol. The molecule has 1 fully saturated rings.